The molecular weight excluding hydrogens is 425 g/mol. The van der Waals surface area contributed by atoms with Gasteiger partial charge in [0.25, 0.3) is 5.91 Å². The van der Waals surface area contributed by atoms with Crippen LogP contribution in [0.5, 0.6) is 0 Å². The second kappa shape index (κ2) is 8.77. The van der Waals surface area contributed by atoms with Gasteiger partial charge in [-0.05, 0) is 62.4 Å². The number of nitrogens with zero attached hydrogens (tertiary/aromatic N) is 3. The highest BCUT2D eigenvalue weighted by molar-refractivity contribution is 6.18. The smallest absolute Gasteiger partial charge is 0.422 e. The third kappa shape index (κ3) is 5.45. The minimum Gasteiger partial charge on any atom is -0.443 e. The maximum atomic E-state index is 15.2. The van der Waals surface area contributed by atoms with Crippen LogP contribution >= 0.6 is 0 Å². The molecule has 0 aliphatic rings. The lowest BCUT2D eigenvalue weighted by Crippen LogP contribution is -2.41. The fourth-order valence-corrected chi connectivity index (χ4v) is 3.10. The molecular formula is C25H28FN3O4. The number of halogens is 1. The molecule has 3 rings (SSSR count). The van der Waals surface area contributed by atoms with Gasteiger partial charge in [-0.3, -0.25) is 9.78 Å². The first-order chi connectivity index (χ1) is 15.3. The minimum atomic E-state index is -0.999. The van der Waals surface area contributed by atoms with E-state index in [4.69, 9.17) is 9.26 Å². The maximum absolute atomic E-state index is 15.2. The molecule has 7 nitrogen and oxygen atoms in total. The van der Waals surface area contributed by atoms with Crippen molar-refractivity contribution in [3.05, 3.63) is 65.4 Å². The monoisotopic (exact) mass is 453 g/mol. The van der Waals surface area contributed by atoms with E-state index < -0.39 is 29.1 Å². The lowest BCUT2D eigenvalue weighted by molar-refractivity contribution is 0.0562. The number of hydrogen-bond acceptors (Lipinski definition) is 6. The van der Waals surface area contributed by atoms with Gasteiger partial charge in [0.2, 0.25) is 17.3 Å². The number of pyridine rings is 1. The van der Waals surface area contributed by atoms with Crippen molar-refractivity contribution in [1.82, 2.24) is 10.1 Å². The van der Waals surface area contributed by atoms with Gasteiger partial charge in [0, 0.05) is 18.0 Å². The number of hydrogen-bond donors (Lipinski definition) is 0. The summed E-state index contributed by atoms with van der Waals surface area (Å²) in [6.07, 6.45) is 2.06. The van der Waals surface area contributed by atoms with Crippen molar-refractivity contribution in [1.29, 1.82) is 0 Å². The third-order valence-corrected chi connectivity index (χ3v) is 4.75. The zero-order valence-electron chi connectivity index (χ0n) is 19.9. The van der Waals surface area contributed by atoms with E-state index in [1.54, 1.807) is 52.1 Å². The number of benzene rings is 1. The highest BCUT2D eigenvalue weighted by Crippen LogP contribution is 2.29. The van der Waals surface area contributed by atoms with Gasteiger partial charge in [0.05, 0.1) is 5.69 Å². The van der Waals surface area contributed by atoms with E-state index in [-0.39, 0.29) is 16.9 Å². The molecule has 0 unspecified atom stereocenters. The summed E-state index contributed by atoms with van der Waals surface area (Å²) < 4.78 is 25.8. The molecule has 0 N–H and O–H groups in total. The average molecular weight is 454 g/mol. The highest BCUT2D eigenvalue weighted by Gasteiger charge is 2.35. The van der Waals surface area contributed by atoms with Crippen LogP contribution in [0.4, 0.5) is 14.9 Å². The number of anilines is 1. The number of amides is 2. The Balaban J connectivity index is 2.04. The summed E-state index contributed by atoms with van der Waals surface area (Å²) in [5.74, 6) is -2.21. The molecule has 0 aliphatic carbocycles. The summed E-state index contributed by atoms with van der Waals surface area (Å²) in [7, 11) is 0. The SMILES string of the molecule is Cc1cncc(-c2onc(C(=O)N(C(=O)OC(C)(C)C)c3ccc(C(C)(C)C)cc3)c2F)c1. The van der Waals surface area contributed by atoms with Crippen molar-refractivity contribution in [2.24, 2.45) is 0 Å². The first-order valence-corrected chi connectivity index (χ1v) is 10.5. The predicted octanol–water partition coefficient (Wildman–Crippen LogP) is 6.06. The van der Waals surface area contributed by atoms with E-state index >= 15 is 4.39 Å². The van der Waals surface area contributed by atoms with Gasteiger partial charge in [0.1, 0.15) is 5.60 Å². The van der Waals surface area contributed by atoms with Gasteiger partial charge in [-0.1, -0.05) is 38.1 Å². The molecule has 2 aromatic heterocycles. The quantitative estimate of drug-likeness (QED) is 0.479. The van der Waals surface area contributed by atoms with Crippen LogP contribution in [0.25, 0.3) is 11.3 Å². The van der Waals surface area contributed by atoms with Crippen molar-refractivity contribution in [3.8, 4) is 11.3 Å². The number of carbonyl (C=O) groups excluding carboxylic acids is 2. The van der Waals surface area contributed by atoms with Crippen molar-refractivity contribution in [2.45, 2.75) is 59.5 Å². The van der Waals surface area contributed by atoms with E-state index in [1.807, 2.05) is 32.9 Å². The summed E-state index contributed by atoms with van der Waals surface area (Å²) in [6, 6.07) is 8.51. The zero-order chi connectivity index (χ0) is 24.6. The summed E-state index contributed by atoms with van der Waals surface area (Å²) in [4.78, 5) is 31.1. The standard InChI is InChI=1S/C25H28FN3O4/c1-15-12-16(14-27-13-15)21-19(26)20(28-33-21)22(30)29(23(31)32-25(5,6)7)18-10-8-17(9-11-18)24(2,3)4/h8-14H,1-7H3. The van der Waals surface area contributed by atoms with Crippen molar-refractivity contribution in [3.63, 3.8) is 0 Å². The van der Waals surface area contributed by atoms with E-state index in [0.29, 0.717) is 5.56 Å². The Morgan fingerprint density at radius 1 is 1.03 bits per heavy atom. The summed E-state index contributed by atoms with van der Waals surface area (Å²) in [6.45, 7) is 13.0. The average Bonchev–Trinajstić information content (AvgIpc) is 3.08. The number of aromatic nitrogens is 2. The van der Waals surface area contributed by atoms with Crippen LogP contribution < -0.4 is 4.90 Å². The molecule has 8 heteroatoms. The summed E-state index contributed by atoms with van der Waals surface area (Å²) in [5, 5.41) is 3.63. The van der Waals surface area contributed by atoms with Crippen LogP contribution in [0.15, 0.2) is 47.2 Å². The normalized spacial score (nSPS) is 11.9. The van der Waals surface area contributed by atoms with Gasteiger partial charge in [-0.25, -0.2) is 9.69 Å². The number of aryl methyl sites for hydroxylation is 1. The zero-order valence-corrected chi connectivity index (χ0v) is 19.9. The molecule has 2 amide bonds. The van der Waals surface area contributed by atoms with Crippen molar-refractivity contribution < 1.29 is 23.2 Å². The van der Waals surface area contributed by atoms with Crippen molar-refractivity contribution >= 4 is 17.7 Å². The minimum absolute atomic E-state index is 0.131. The van der Waals surface area contributed by atoms with Gasteiger partial charge >= 0.3 is 6.09 Å². The lowest BCUT2D eigenvalue weighted by Gasteiger charge is -2.26. The Hall–Kier alpha value is -3.55. The van der Waals surface area contributed by atoms with Crippen LogP contribution in [-0.4, -0.2) is 27.7 Å². The number of rotatable bonds is 3. The Bertz CT molecular complexity index is 1170. The first kappa shape index (κ1) is 24.1. The molecule has 2 heterocycles. The topological polar surface area (TPSA) is 85.5 Å². The Labute approximate surface area is 192 Å². The van der Waals surface area contributed by atoms with Gasteiger partial charge in [-0.15, -0.1) is 0 Å². The molecule has 0 atom stereocenters. The second-order valence-corrected chi connectivity index (χ2v) is 9.84. The molecule has 0 aliphatic heterocycles. The van der Waals surface area contributed by atoms with Gasteiger partial charge in [0.15, 0.2) is 0 Å². The molecule has 33 heavy (non-hydrogen) atoms. The molecule has 0 fully saturated rings. The third-order valence-electron chi connectivity index (χ3n) is 4.75. The van der Waals surface area contributed by atoms with Crippen LogP contribution in [0.1, 0.15) is 63.2 Å². The van der Waals surface area contributed by atoms with Crippen molar-refractivity contribution in [2.75, 3.05) is 4.90 Å². The van der Waals surface area contributed by atoms with Crippen LogP contribution in [0.2, 0.25) is 0 Å². The van der Waals surface area contributed by atoms with E-state index in [1.165, 1.54) is 6.20 Å². The first-order valence-electron chi connectivity index (χ1n) is 10.5. The van der Waals surface area contributed by atoms with E-state index in [0.717, 1.165) is 16.0 Å². The van der Waals surface area contributed by atoms with Gasteiger partial charge < -0.3 is 9.26 Å². The molecule has 1 aromatic carbocycles. The van der Waals surface area contributed by atoms with Crippen LogP contribution in [0, 0.1) is 12.7 Å². The van der Waals surface area contributed by atoms with E-state index in [2.05, 4.69) is 10.1 Å². The molecule has 3 aromatic rings. The lowest BCUT2D eigenvalue weighted by atomic mass is 9.87. The Morgan fingerprint density at radius 3 is 2.21 bits per heavy atom. The fourth-order valence-electron chi connectivity index (χ4n) is 3.10. The van der Waals surface area contributed by atoms with Gasteiger partial charge in [-0.2, -0.15) is 4.39 Å². The molecule has 0 saturated carbocycles. The second-order valence-electron chi connectivity index (χ2n) is 9.84. The Morgan fingerprint density at radius 2 is 1.67 bits per heavy atom. The summed E-state index contributed by atoms with van der Waals surface area (Å²) in [5.41, 5.74) is 0.712. The van der Waals surface area contributed by atoms with Crippen LogP contribution in [-0.2, 0) is 10.2 Å². The molecule has 0 radical (unpaired) electrons. The number of ether oxygens (including phenoxy) is 1. The molecule has 0 saturated heterocycles. The summed E-state index contributed by atoms with van der Waals surface area (Å²) >= 11 is 0. The predicted molar refractivity (Wildman–Crippen MR) is 123 cm³/mol. The molecule has 0 spiro atoms. The number of imide groups is 1. The molecule has 174 valence electrons. The fraction of sp³-hybridized carbons (Fsp3) is 0.360. The molecule has 0 bridgehead atoms. The largest absolute Gasteiger partial charge is 0.443 e. The van der Waals surface area contributed by atoms with E-state index in [9.17, 15) is 9.59 Å². The number of carbonyl (C=O) groups is 2. The Kier molecular flexibility index (Phi) is 6.40. The van der Waals surface area contributed by atoms with Crippen LogP contribution in [0.3, 0.4) is 0 Å². The maximum Gasteiger partial charge on any atom is 0.422 e. The highest BCUT2D eigenvalue weighted by atomic mass is 19.1.